The van der Waals surface area contributed by atoms with E-state index in [1.807, 2.05) is 12.1 Å². The van der Waals surface area contributed by atoms with Gasteiger partial charge in [0.2, 0.25) is 0 Å². The molecule has 0 unspecified atom stereocenters. The van der Waals surface area contributed by atoms with E-state index in [0.717, 1.165) is 35.6 Å². The molecule has 1 aliphatic heterocycles. The molecule has 2 aromatic heterocycles. The second-order valence-corrected chi connectivity index (χ2v) is 4.88. The van der Waals surface area contributed by atoms with Gasteiger partial charge in [-0.25, -0.2) is 4.98 Å². The third-order valence-corrected chi connectivity index (χ3v) is 3.70. The van der Waals surface area contributed by atoms with Crippen LogP contribution in [-0.4, -0.2) is 9.55 Å². The van der Waals surface area contributed by atoms with Crippen LogP contribution in [0.4, 0.5) is 0 Å². The predicted octanol–water partition coefficient (Wildman–Crippen LogP) is 3.17. The van der Waals surface area contributed by atoms with E-state index in [0.29, 0.717) is 0 Å². The van der Waals surface area contributed by atoms with Crippen molar-refractivity contribution in [2.45, 2.75) is 32.2 Å². The number of aromatic nitrogens is 2. The Morgan fingerprint density at radius 3 is 3.19 bits per heavy atom. The van der Waals surface area contributed by atoms with Gasteiger partial charge in [-0.2, -0.15) is 0 Å². The van der Waals surface area contributed by atoms with E-state index in [9.17, 15) is 0 Å². The van der Waals surface area contributed by atoms with Gasteiger partial charge in [0, 0.05) is 6.54 Å². The molecule has 0 radical (unpaired) electrons. The largest absolute Gasteiger partial charge is 0.469 e. The molecule has 0 amide bonds. The van der Waals surface area contributed by atoms with Gasteiger partial charge in [-0.15, -0.1) is 0 Å². The molecule has 0 fully saturated rings. The van der Waals surface area contributed by atoms with Crippen LogP contribution in [0.1, 0.15) is 30.1 Å². The van der Waals surface area contributed by atoms with Crippen LogP contribution in [0.25, 0.3) is 0 Å². The monoisotopic (exact) mass is 280 g/mol. The second kappa shape index (κ2) is 4.09. The smallest absolute Gasteiger partial charge is 0.127 e. The number of hydrogen-bond acceptors (Lipinski definition) is 2. The van der Waals surface area contributed by atoms with E-state index in [1.165, 1.54) is 18.5 Å². The van der Waals surface area contributed by atoms with Crippen LogP contribution < -0.4 is 0 Å². The van der Waals surface area contributed by atoms with Gasteiger partial charge in [0.05, 0.1) is 18.4 Å². The van der Waals surface area contributed by atoms with Crippen LogP contribution in [0.2, 0.25) is 0 Å². The number of rotatable bonds is 2. The summed E-state index contributed by atoms with van der Waals surface area (Å²) < 4.78 is 8.71. The molecular formula is C12H13BrN2O. The lowest BCUT2D eigenvalue weighted by Crippen LogP contribution is -2.13. The summed E-state index contributed by atoms with van der Waals surface area (Å²) in [4.78, 5) is 4.59. The molecule has 3 heterocycles. The van der Waals surface area contributed by atoms with E-state index < -0.39 is 0 Å². The zero-order chi connectivity index (χ0) is 11.0. The van der Waals surface area contributed by atoms with E-state index in [2.05, 4.69) is 25.5 Å². The highest BCUT2D eigenvalue weighted by atomic mass is 79.9. The molecule has 3 rings (SSSR count). The Bertz CT molecular complexity index is 487. The summed E-state index contributed by atoms with van der Waals surface area (Å²) in [6.45, 7) is 1.09. The van der Waals surface area contributed by atoms with Crippen molar-refractivity contribution in [3.8, 4) is 0 Å². The third kappa shape index (κ3) is 1.71. The highest BCUT2D eigenvalue weighted by Gasteiger charge is 2.18. The Kier molecular flexibility index (Phi) is 2.59. The fourth-order valence-electron chi connectivity index (χ4n) is 2.27. The zero-order valence-electron chi connectivity index (χ0n) is 8.95. The van der Waals surface area contributed by atoms with Gasteiger partial charge in [0.1, 0.15) is 16.2 Å². The second-order valence-electron chi connectivity index (χ2n) is 4.13. The van der Waals surface area contributed by atoms with Gasteiger partial charge in [-0.3, -0.25) is 0 Å². The fraction of sp³-hybridized carbons (Fsp3) is 0.417. The van der Waals surface area contributed by atoms with Crippen molar-refractivity contribution in [3.63, 3.8) is 0 Å². The number of halogens is 1. The molecule has 0 aliphatic carbocycles. The minimum absolute atomic E-state index is 0.783. The van der Waals surface area contributed by atoms with Crippen molar-refractivity contribution in [1.82, 2.24) is 9.55 Å². The Labute approximate surface area is 103 Å². The summed E-state index contributed by atoms with van der Waals surface area (Å²) in [6, 6.07) is 3.92. The average Bonchev–Trinajstić information content (AvgIpc) is 2.90. The van der Waals surface area contributed by atoms with Crippen LogP contribution in [0, 0.1) is 0 Å². The topological polar surface area (TPSA) is 31.0 Å². The standard InChI is InChI=1S/C12H13BrN2O/c13-12-10-5-1-2-6-15(10)11(14-12)8-9-4-3-7-16-9/h3-4,7H,1-2,5-6,8H2. The molecular weight excluding hydrogens is 268 g/mol. The van der Waals surface area contributed by atoms with Crippen LogP contribution in [0.15, 0.2) is 27.4 Å². The van der Waals surface area contributed by atoms with Crippen molar-refractivity contribution >= 4 is 15.9 Å². The first-order chi connectivity index (χ1) is 7.84. The first-order valence-electron chi connectivity index (χ1n) is 5.61. The molecule has 3 nitrogen and oxygen atoms in total. The molecule has 0 N–H and O–H groups in total. The number of fused-ring (bicyclic) bond motifs is 1. The number of furan rings is 1. The molecule has 2 aromatic rings. The van der Waals surface area contributed by atoms with Crippen molar-refractivity contribution < 1.29 is 4.42 Å². The maximum atomic E-state index is 5.37. The van der Waals surface area contributed by atoms with Crippen molar-refractivity contribution in [2.75, 3.05) is 0 Å². The number of nitrogens with zero attached hydrogens (tertiary/aromatic N) is 2. The van der Waals surface area contributed by atoms with Gasteiger partial charge in [0.15, 0.2) is 0 Å². The van der Waals surface area contributed by atoms with Gasteiger partial charge in [-0.1, -0.05) is 0 Å². The van der Waals surface area contributed by atoms with Crippen LogP contribution in [0.5, 0.6) is 0 Å². The quantitative estimate of drug-likeness (QED) is 0.846. The molecule has 0 saturated carbocycles. The van der Waals surface area contributed by atoms with Crippen molar-refractivity contribution in [1.29, 1.82) is 0 Å². The third-order valence-electron chi connectivity index (χ3n) is 3.06. The van der Waals surface area contributed by atoms with Gasteiger partial charge in [0.25, 0.3) is 0 Å². The molecule has 16 heavy (non-hydrogen) atoms. The summed E-state index contributed by atoms with van der Waals surface area (Å²) in [7, 11) is 0. The van der Waals surface area contributed by atoms with E-state index in [-0.39, 0.29) is 0 Å². The summed E-state index contributed by atoms with van der Waals surface area (Å²) in [6.07, 6.45) is 6.15. The van der Waals surface area contributed by atoms with Crippen molar-refractivity contribution in [2.24, 2.45) is 0 Å². The first-order valence-corrected chi connectivity index (χ1v) is 6.40. The molecule has 0 aromatic carbocycles. The zero-order valence-corrected chi connectivity index (χ0v) is 10.5. The average molecular weight is 281 g/mol. The SMILES string of the molecule is Brc1nc(Cc2ccco2)n2c1CCCC2. The maximum absolute atomic E-state index is 5.37. The minimum atomic E-state index is 0.783. The minimum Gasteiger partial charge on any atom is -0.469 e. The Hall–Kier alpha value is -1.03. The van der Waals surface area contributed by atoms with Crippen LogP contribution in [-0.2, 0) is 19.4 Å². The predicted molar refractivity (Wildman–Crippen MR) is 64.4 cm³/mol. The Morgan fingerprint density at radius 1 is 1.44 bits per heavy atom. The molecule has 0 spiro atoms. The summed E-state index contributed by atoms with van der Waals surface area (Å²) in [5, 5.41) is 0. The Balaban J connectivity index is 1.95. The highest BCUT2D eigenvalue weighted by molar-refractivity contribution is 9.10. The first kappa shape index (κ1) is 10.1. The van der Waals surface area contributed by atoms with Gasteiger partial charge in [-0.05, 0) is 47.3 Å². The number of imidazole rings is 1. The molecule has 1 aliphatic rings. The lowest BCUT2D eigenvalue weighted by molar-refractivity contribution is 0.490. The Morgan fingerprint density at radius 2 is 2.38 bits per heavy atom. The van der Waals surface area contributed by atoms with E-state index in [1.54, 1.807) is 6.26 Å². The summed E-state index contributed by atoms with van der Waals surface area (Å²) in [5.74, 6) is 2.09. The van der Waals surface area contributed by atoms with Gasteiger partial charge < -0.3 is 8.98 Å². The molecule has 0 bridgehead atoms. The normalized spacial score (nSPS) is 15.1. The molecule has 0 saturated heterocycles. The van der Waals surface area contributed by atoms with E-state index in [4.69, 9.17) is 4.42 Å². The maximum Gasteiger partial charge on any atom is 0.127 e. The van der Waals surface area contributed by atoms with Gasteiger partial charge >= 0.3 is 0 Å². The fourth-order valence-corrected chi connectivity index (χ4v) is 2.89. The summed E-state index contributed by atoms with van der Waals surface area (Å²) in [5.41, 5.74) is 1.34. The number of hydrogen-bond donors (Lipinski definition) is 0. The van der Waals surface area contributed by atoms with Crippen LogP contribution in [0.3, 0.4) is 0 Å². The summed E-state index contributed by atoms with van der Waals surface area (Å²) >= 11 is 3.54. The molecule has 84 valence electrons. The molecule has 0 atom stereocenters. The van der Waals surface area contributed by atoms with E-state index >= 15 is 0 Å². The lowest BCUT2D eigenvalue weighted by atomic mass is 10.1. The van der Waals surface area contributed by atoms with Crippen LogP contribution >= 0.6 is 15.9 Å². The highest BCUT2D eigenvalue weighted by Crippen LogP contribution is 2.25. The molecule has 4 heteroatoms. The van der Waals surface area contributed by atoms with Crippen molar-refractivity contribution in [3.05, 3.63) is 40.3 Å². The lowest BCUT2D eigenvalue weighted by Gasteiger charge is -2.16.